The van der Waals surface area contributed by atoms with Gasteiger partial charge in [-0.1, -0.05) is 12.1 Å². The molecule has 20 heavy (non-hydrogen) atoms. The number of aryl methyl sites for hydroxylation is 1. The van der Waals surface area contributed by atoms with E-state index < -0.39 is 4.92 Å². The lowest BCUT2D eigenvalue weighted by atomic mass is 10.2. The summed E-state index contributed by atoms with van der Waals surface area (Å²) in [6.45, 7) is 1.67. The van der Waals surface area contributed by atoms with Crippen molar-refractivity contribution in [2.75, 3.05) is 7.11 Å². The van der Waals surface area contributed by atoms with E-state index in [1.807, 2.05) is 0 Å². The van der Waals surface area contributed by atoms with Crippen LogP contribution in [0.4, 0.5) is 5.69 Å². The topological polar surface area (TPSA) is 61.6 Å². The van der Waals surface area contributed by atoms with Gasteiger partial charge in [-0.15, -0.1) is 0 Å². The molecule has 0 spiro atoms. The molecule has 0 N–H and O–H groups in total. The summed E-state index contributed by atoms with van der Waals surface area (Å²) < 4.78 is 11.4. The highest BCUT2D eigenvalue weighted by Gasteiger charge is 2.19. The van der Waals surface area contributed by atoms with Crippen LogP contribution < -0.4 is 9.47 Å². The molecule has 2 rings (SSSR count). The summed E-state index contributed by atoms with van der Waals surface area (Å²) in [5.74, 6) is 1.36. The zero-order valence-electron chi connectivity index (χ0n) is 10.9. The molecule has 5 nitrogen and oxygen atoms in total. The Morgan fingerprint density at radius 2 is 1.95 bits per heavy atom. The lowest BCUT2D eigenvalue weighted by molar-refractivity contribution is -0.386. The quantitative estimate of drug-likeness (QED) is 0.610. The molecule has 2 aromatic rings. The van der Waals surface area contributed by atoms with Gasteiger partial charge < -0.3 is 9.47 Å². The van der Waals surface area contributed by atoms with Crippen LogP contribution in [0.25, 0.3) is 0 Å². The maximum absolute atomic E-state index is 11.1. The molecule has 6 heteroatoms. The van der Waals surface area contributed by atoms with Gasteiger partial charge in [0, 0.05) is 5.56 Å². The molecule has 0 fully saturated rings. The van der Waals surface area contributed by atoms with Crippen molar-refractivity contribution in [3.8, 4) is 17.2 Å². The number of para-hydroxylation sites is 1. The molecule has 0 aliphatic heterocycles. The largest absolute Gasteiger partial charge is 0.497 e. The molecule has 0 saturated heterocycles. The second-order valence-corrected chi connectivity index (χ2v) is 4.93. The van der Waals surface area contributed by atoms with Crippen LogP contribution in [0.3, 0.4) is 0 Å². The highest BCUT2D eigenvalue weighted by atomic mass is 79.9. The zero-order chi connectivity index (χ0) is 14.7. The second-order valence-electron chi connectivity index (χ2n) is 4.08. The van der Waals surface area contributed by atoms with Crippen molar-refractivity contribution in [2.45, 2.75) is 6.92 Å². The number of hydrogen-bond donors (Lipinski definition) is 0. The molecule has 104 valence electrons. The Hall–Kier alpha value is -2.08. The minimum absolute atomic E-state index is 0.0322. The fraction of sp³-hybridized carbons (Fsp3) is 0.143. The van der Waals surface area contributed by atoms with E-state index in [2.05, 4.69) is 15.9 Å². The molecule has 0 aromatic heterocycles. The molecule has 0 aliphatic carbocycles. The summed E-state index contributed by atoms with van der Waals surface area (Å²) in [6.07, 6.45) is 0. The van der Waals surface area contributed by atoms with Crippen LogP contribution >= 0.6 is 15.9 Å². The predicted molar refractivity (Wildman–Crippen MR) is 78.6 cm³/mol. The summed E-state index contributed by atoms with van der Waals surface area (Å²) in [6, 6.07) is 10.1. The van der Waals surface area contributed by atoms with E-state index in [4.69, 9.17) is 9.47 Å². The van der Waals surface area contributed by atoms with Gasteiger partial charge in [0.2, 0.25) is 5.75 Å². The molecular formula is C14H12BrNO4. The Labute approximate surface area is 124 Å². The molecule has 0 saturated carbocycles. The van der Waals surface area contributed by atoms with Crippen LogP contribution in [0, 0.1) is 17.0 Å². The van der Waals surface area contributed by atoms with Crippen molar-refractivity contribution in [3.05, 3.63) is 56.5 Å². The predicted octanol–water partition coefficient (Wildman–Crippen LogP) is 4.47. The Morgan fingerprint density at radius 3 is 2.55 bits per heavy atom. The van der Waals surface area contributed by atoms with Gasteiger partial charge in [-0.3, -0.25) is 10.1 Å². The summed E-state index contributed by atoms with van der Waals surface area (Å²) in [5, 5.41) is 11.1. The lowest BCUT2D eigenvalue weighted by Gasteiger charge is -2.10. The Morgan fingerprint density at radius 1 is 1.20 bits per heavy atom. The number of nitrogens with zero attached hydrogens (tertiary/aromatic N) is 1. The minimum atomic E-state index is -0.442. The Bertz CT molecular complexity index is 658. The molecule has 2 aromatic carbocycles. The monoisotopic (exact) mass is 337 g/mol. The average Bonchev–Trinajstić information content (AvgIpc) is 2.40. The van der Waals surface area contributed by atoms with Gasteiger partial charge in [0.15, 0.2) is 0 Å². The first kappa shape index (κ1) is 14.3. The van der Waals surface area contributed by atoms with E-state index in [9.17, 15) is 10.1 Å². The van der Waals surface area contributed by atoms with Crippen molar-refractivity contribution >= 4 is 21.6 Å². The van der Waals surface area contributed by atoms with Gasteiger partial charge in [0.1, 0.15) is 11.5 Å². The van der Waals surface area contributed by atoms with Crippen molar-refractivity contribution in [1.29, 1.82) is 0 Å². The summed E-state index contributed by atoms with van der Waals surface area (Å²) >= 11 is 3.35. The van der Waals surface area contributed by atoms with Crippen LogP contribution in [0.2, 0.25) is 0 Å². The third-order valence-electron chi connectivity index (χ3n) is 2.74. The van der Waals surface area contributed by atoms with E-state index in [0.29, 0.717) is 21.5 Å². The van der Waals surface area contributed by atoms with Gasteiger partial charge in [-0.05, 0) is 47.1 Å². The molecule has 0 unspecified atom stereocenters. The molecule has 0 bridgehead atoms. The smallest absolute Gasteiger partial charge is 0.314 e. The summed E-state index contributed by atoms with van der Waals surface area (Å²) in [5.41, 5.74) is 0.521. The zero-order valence-corrected chi connectivity index (χ0v) is 12.5. The van der Waals surface area contributed by atoms with Crippen LogP contribution in [0.5, 0.6) is 17.2 Å². The maximum Gasteiger partial charge on any atom is 0.314 e. The van der Waals surface area contributed by atoms with Gasteiger partial charge in [0.05, 0.1) is 16.5 Å². The number of rotatable bonds is 4. The minimum Gasteiger partial charge on any atom is -0.497 e. The number of hydrogen-bond acceptors (Lipinski definition) is 4. The number of halogens is 1. The summed E-state index contributed by atoms with van der Waals surface area (Å²) in [4.78, 5) is 10.7. The molecule has 0 radical (unpaired) electrons. The van der Waals surface area contributed by atoms with Crippen molar-refractivity contribution in [3.63, 3.8) is 0 Å². The third kappa shape index (κ3) is 2.91. The lowest BCUT2D eigenvalue weighted by Crippen LogP contribution is -1.96. The number of methoxy groups -OCH3 is 1. The number of ether oxygens (including phenoxy) is 2. The van der Waals surface area contributed by atoms with E-state index in [-0.39, 0.29) is 11.4 Å². The van der Waals surface area contributed by atoms with Crippen molar-refractivity contribution in [1.82, 2.24) is 0 Å². The fourth-order valence-corrected chi connectivity index (χ4v) is 2.20. The number of benzene rings is 2. The fourth-order valence-electron chi connectivity index (χ4n) is 1.76. The van der Waals surface area contributed by atoms with E-state index >= 15 is 0 Å². The van der Waals surface area contributed by atoms with E-state index in [1.54, 1.807) is 50.4 Å². The van der Waals surface area contributed by atoms with Crippen LogP contribution in [-0.2, 0) is 0 Å². The van der Waals surface area contributed by atoms with Gasteiger partial charge in [-0.25, -0.2) is 0 Å². The summed E-state index contributed by atoms with van der Waals surface area (Å²) in [7, 11) is 1.56. The number of nitro benzene ring substituents is 1. The SMILES string of the molecule is COc1ccc(Oc2cccc(C)c2[N+](=O)[O-])c(Br)c1. The Kier molecular flexibility index (Phi) is 4.24. The molecule has 0 amide bonds. The van der Waals surface area contributed by atoms with Crippen molar-refractivity contribution in [2.24, 2.45) is 0 Å². The standard InChI is InChI=1S/C14H12BrNO4/c1-9-4-3-5-13(14(9)16(17)18)20-12-7-6-10(19-2)8-11(12)15/h3-8H,1-2H3. The molecular weight excluding hydrogens is 326 g/mol. The van der Waals surface area contributed by atoms with Gasteiger partial charge in [-0.2, -0.15) is 0 Å². The van der Waals surface area contributed by atoms with E-state index in [0.717, 1.165) is 0 Å². The van der Waals surface area contributed by atoms with Crippen LogP contribution in [0.15, 0.2) is 40.9 Å². The van der Waals surface area contributed by atoms with Crippen LogP contribution in [-0.4, -0.2) is 12.0 Å². The number of nitro groups is 1. The van der Waals surface area contributed by atoms with Gasteiger partial charge in [0.25, 0.3) is 0 Å². The third-order valence-corrected chi connectivity index (χ3v) is 3.36. The Balaban J connectivity index is 2.40. The van der Waals surface area contributed by atoms with Crippen LogP contribution in [0.1, 0.15) is 5.56 Å². The highest BCUT2D eigenvalue weighted by molar-refractivity contribution is 9.10. The molecule has 0 atom stereocenters. The van der Waals surface area contributed by atoms with Crippen molar-refractivity contribution < 1.29 is 14.4 Å². The average molecular weight is 338 g/mol. The molecule has 0 aliphatic rings. The first-order chi connectivity index (χ1) is 9.52. The normalized spacial score (nSPS) is 10.2. The highest BCUT2D eigenvalue weighted by Crippen LogP contribution is 2.37. The van der Waals surface area contributed by atoms with E-state index in [1.165, 1.54) is 0 Å². The first-order valence-corrected chi connectivity index (χ1v) is 6.57. The second kappa shape index (κ2) is 5.92. The maximum atomic E-state index is 11.1. The molecule has 0 heterocycles. The van der Waals surface area contributed by atoms with Gasteiger partial charge >= 0.3 is 5.69 Å². The first-order valence-electron chi connectivity index (χ1n) is 5.78.